The summed E-state index contributed by atoms with van der Waals surface area (Å²) in [6.45, 7) is 5.32. The number of nitrogens with one attached hydrogen (secondary N) is 2. The van der Waals surface area contributed by atoms with Crippen LogP contribution in [0.2, 0.25) is 0 Å². The fourth-order valence-corrected chi connectivity index (χ4v) is 3.90. The Morgan fingerprint density at radius 3 is 2.11 bits per heavy atom. The van der Waals surface area contributed by atoms with E-state index < -0.39 is 0 Å². The number of benzene rings is 3. The number of carbonyl (C=O) groups is 2. The number of rotatable bonds is 8. The summed E-state index contributed by atoms with van der Waals surface area (Å²) in [6, 6.07) is 20.6. The smallest absolute Gasteiger partial charge is 0.255 e. The molecule has 0 saturated carbocycles. The fourth-order valence-electron chi connectivity index (χ4n) is 3.90. The molecule has 0 aliphatic carbocycles. The molecule has 3 aromatic carbocycles. The highest BCUT2D eigenvalue weighted by Crippen LogP contribution is 2.18. The molecular formula is C27H29FN4O3. The monoisotopic (exact) mass is 476 g/mol. The maximum absolute atomic E-state index is 13.1. The van der Waals surface area contributed by atoms with Gasteiger partial charge in [0.1, 0.15) is 11.6 Å². The van der Waals surface area contributed by atoms with Gasteiger partial charge in [-0.1, -0.05) is 0 Å². The van der Waals surface area contributed by atoms with E-state index in [-0.39, 0.29) is 24.2 Å². The zero-order valence-electron chi connectivity index (χ0n) is 19.7. The molecule has 0 spiro atoms. The molecular weight excluding hydrogens is 447 g/mol. The van der Waals surface area contributed by atoms with Crippen molar-refractivity contribution in [3.8, 4) is 5.75 Å². The van der Waals surface area contributed by atoms with Crippen molar-refractivity contribution < 1.29 is 18.7 Å². The summed E-state index contributed by atoms with van der Waals surface area (Å²) in [5.74, 6) is 0.303. The van der Waals surface area contributed by atoms with E-state index in [1.165, 1.54) is 12.1 Å². The summed E-state index contributed by atoms with van der Waals surface area (Å²) in [5, 5.41) is 5.99. The van der Waals surface area contributed by atoms with Gasteiger partial charge < -0.3 is 25.2 Å². The lowest BCUT2D eigenvalue weighted by molar-refractivity contribution is -0.129. The first-order valence-corrected chi connectivity index (χ1v) is 11.7. The van der Waals surface area contributed by atoms with Crippen LogP contribution in [0.5, 0.6) is 5.75 Å². The third-order valence-corrected chi connectivity index (χ3v) is 5.84. The number of ether oxygens (including phenoxy) is 1. The number of anilines is 3. The quantitative estimate of drug-likeness (QED) is 0.509. The van der Waals surface area contributed by atoms with E-state index in [1.54, 1.807) is 48.5 Å². The first kappa shape index (κ1) is 24.1. The van der Waals surface area contributed by atoms with Crippen LogP contribution in [0.15, 0.2) is 72.8 Å². The zero-order valence-corrected chi connectivity index (χ0v) is 19.7. The lowest BCUT2D eigenvalue weighted by Crippen LogP contribution is -2.50. The van der Waals surface area contributed by atoms with Crippen molar-refractivity contribution >= 4 is 28.9 Å². The summed E-state index contributed by atoms with van der Waals surface area (Å²) in [4.78, 5) is 29.1. The Morgan fingerprint density at radius 2 is 1.49 bits per heavy atom. The second-order valence-corrected chi connectivity index (χ2v) is 8.19. The van der Waals surface area contributed by atoms with E-state index in [4.69, 9.17) is 4.74 Å². The van der Waals surface area contributed by atoms with Crippen LogP contribution in [-0.4, -0.2) is 56.0 Å². The molecule has 1 saturated heterocycles. The predicted octanol–water partition coefficient (Wildman–Crippen LogP) is 4.24. The van der Waals surface area contributed by atoms with Crippen molar-refractivity contribution in [1.29, 1.82) is 0 Å². The standard InChI is InChI=1S/C27H29FN4O3/c1-2-35-25-13-9-23(10-14-25)30-27(34)20-3-7-22(8-4-20)29-19-26(33)32-17-15-31(16-18-32)24-11-5-21(28)6-12-24/h3-14,29H,2,15-19H2,1H3,(H,30,34). The highest BCUT2D eigenvalue weighted by atomic mass is 19.1. The normalized spacial score (nSPS) is 13.3. The van der Waals surface area contributed by atoms with Crippen molar-refractivity contribution in [3.63, 3.8) is 0 Å². The van der Waals surface area contributed by atoms with Gasteiger partial charge in [-0.2, -0.15) is 0 Å². The molecule has 8 heteroatoms. The molecule has 3 aromatic rings. The van der Waals surface area contributed by atoms with Gasteiger partial charge in [0.05, 0.1) is 13.2 Å². The second-order valence-electron chi connectivity index (χ2n) is 8.19. The van der Waals surface area contributed by atoms with Gasteiger partial charge in [0, 0.05) is 48.8 Å². The average molecular weight is 477 g/mol. The maximum atomic E-state index is 13.1. The van der Waals surface area contributed by atoms with Crippen LogP contribution in [0.25, 0.3) is 0 Å². The molecule has 1 heterocycles. The van der Waals surface area contributed by atoms with Gasteiger partial charge >= 0.3 is 0 Å². The van der Waals surface area contributed by atoms with E-state index in [0.717, 1.165) is 17.1 Å². The summed E-state index contributed by atoms with van der Waals surface area (Å²) in [7, 11) is 0. The third-order valence-electron chi connectivity index (χ3n) is 5.84. The number of hydrogen-bond donors (Lipinski definition) is 2. The van der Waals surface area contributed by atoms with Crippen molar-refractivity contribution in [3.05, 3.63) is 84.2 Å². The molecule has 0 atom stereocenters. The van der Waals surface area contributed by atoms with Crippen LogP contribution >= 0.6 is 0 Å². The van der Waals surface area contributed by atoms with Crippen LogP contribution in [-0.2, 0) is 4.79 Å². The second kappa shape index (κ2) is 11.4. The molecule has 35 heavy (non-hydrogen) atoms. The van der Waals surface area contributed by atoms with Crippen molar-refractivity contribution in [1.82, 2.24) is 4.90 Å². The predicted molar refractivity (Wildman–Crippen MR) is 136 cm³/mol. The van der Waals surface area contributed by atoms with E-state index in [9.17, 15) is 14.0 Å². The minimum Gasteiger partial charge on any atom is -0.494 e. The largest absolute Gasteiger partial charge is 0.494 e. The van der Waals surface area contributed by atoms with Crippen LogP contribution in [0.4, 0.5) is 21.5 Å². The van der Waals surface area contributed by atoms with E-state index in [2.05, 4.69) is 15.5 Å². The average Bonchev–Trinajstić information content (AvgIpc) is 2.89. The van der Waals surface area contributed by atoms with Crippen LogP contribution in [0.3, 0.4) is 0 Å². The van der Waals surface area contributed by atoms with Gasteiger partial charge in [0.25, 0.3) is 5.91 Å². The van der Waals surface area contributed by atoms with Gasteiger partial charge in [-0.3, -0.25) is 9.59 Å². The number of piperazine rings is 1. The van der Waals surface area contributed by atoms with Crippen molar-refractivity contribution in [2.45, 2.75) is 6.92 Å². The van der Waals surface area contributed by atoms with E-state index in [1.807, 2.05) is 24.0 Å². The molecule has 1 aliphatic rings. The molecule has 1 fully saturated rings. The summed E-state index contributed by atoms with van der Waals surface area (Å²) < 4.78 is 18.5. The number of hydrogen-bond acceptors (Lipinski definition) is 5. The summed E-state index contributed by atoms with van der Waals surface area (Å²) in [5.41, 5.74) is 2.93. The van der Waals surface area contributed by atoms with Crippen molar-refractivity contribution in [2.24, 2.45) is 0 Å². The topological polar surface area (TPSA) is 73.9 Å². The molecule has 4 rings (SSSR count). The van der Waals surface area contributed by atoms with E-state index >= 15 is 0 Å². The minimum absolute atomic E-state index is 0.0149. The number of halogens is 1. The minimum atomic E-state index is -0.255. The maximum Gasteiger partial charge on any atom is 0.255 e. The van der Waals surface area contributed by atoms with Gasteiger partial charge in [0.2, 0.25) is 5.91 Å². The van der Waals surface area contributed by atoms with Crippen LogP contribution < -0.4 is 20.3 Å². The lowest BCUT2D eigenvalue weighted by atomic mass is 10.2. The molecule has 7 nitrogen and oxygen atoms in total. The highest BCUT2D eigenvalue weighted by molar-refractivity contribution is 6.04. The molecule has 0 unspecified atom stereocenters. The Kier molecular flexibility index (Phi) is 7.82. The summed E-state index contributed by atoms with van der Waals surface area (Å²) in [6.07, 6.45) is 0. The molecule has 1 aliphatic heterocycles. The first-order chi connectivity index (χ1) is 17.0. The Hall–Kier alpha value is -4.07. The molecule has 2 amide bonds. The molecule has 182 valence electrons. The molecule has 0 bridgehead atoms. The lowest BCUT2D eigenvalue weighted by Gasteiger charge is -2.36. The Balaban J connectivity index is 1.22. The molecule has 2 N–H and O–H groups in total. The fraction of sp³-hybridized carbons (Fsp3) is 0.259. The SMILES string of the molecule is CCOc1ccc(NC(=O)c2ccc(NCC(=O)N3CCN(c4ccc(F)cc4)CC3)cc2)cc1. The Morgan fingerprint density at radius 1 is 0.857 bits per heavy atom. The van der Waals surface area contributed by atoms with Gasteiger partial charge in [-0.05, 0) is 79.7 Å². The number of nitrogens with zero attached hydrogens (tertiary/aromatic N) is 2. The highest BCUT2D eigenvalue weighted by Gasteiger charge is 2.21. The first-order valence-electron chi connectivity index (χ1n) is 11.7. The van der Waals surface area contributed by atoms with Gasteiger partial charge in [0.15, 0.2) is 0 Å². The summed E-state index contributed by atoms with van der Waals surface area (Å²) >= 11 is 0. The zero-order chi connectivity index (χ0) is 24.6. The molecule has 0 radical (unpaired) electrons. The van der Waals surface area contributed by atoms with Crippen LogP contribution in [0, 0.1) is 5.82 Å². The Bertz CT molecular complexity index is 1130. The van der Waals surface area contributed by atoms with E-state index in [0.29, 0.717) is 44.0 Å². The Labute approximate surface area is 204 Å². The number of carbonyl (C=O) groups excluding carboxylic acids is 2. The number of amides is 2. The molecule has 0 aromatic heterocycles. The van der Waals surface area contributed by atoms with Gasteiger partial charge in [-0.15, -0.1) is 0 Å². The van der Waals surface area contributed by atoms with Crippen molar-refractivity contribution in [2.75, 3.05) is 54.9 Å². The van der Waals surface area contributed by atoms with Crippen LogP contribution in [0.1, 0.15) is 17.3 Å². The third kappa shape index (κ3) is 6.50. The van der Waals surface area contributed by atoms with Gasteiger partial charge in [-0.25, -0.2) is 4.39 Å².